The summed E-state index contributed by atoms with van der Waals surface area (Å²) in [5, 5.41) is 18.8. The lowest BCUT2D eigenvalue weighted by Gasteiger charge is -2.23. The normalized spacial score (nSPS) is 16.2. The SMILES string of the molecule is Cc1ccccc1CC(C(=O)O)C(C)C(C)O. The Morgan fingerprint density at radius 2 is 1.88 bits per heavy atom. The zero-order chi connectivity index (χ0) is 13.0. The molecule has 0 aromatic heterocycles. The van der Waals surface area contributed by atoms with Crippen LogP contribution in [0, 0.1) is 18.8 Å². The van der Waals surface area contributed by atoms with Crippen molar-refractivity contribution in [2.24, 2.45) is 11.8 Å². The van der Waals surface area contributed by atoms with Crippen LogP contribution in [0.2, 0.25) is 0 Å². The van der Waals surface area contributed by atoms with Crippen molar-refractivity contribution in [1.82, 2.24) is 0 Å². The third-order valence-corrected chi connectivity index (χ3v) is 3.41. The summed E-state index contributed by atoms with van der Waals surface area (Å²) in [6, 6.07) is 7.77. The molecule has 0 amide bonds. The standard InChI is InChI=1S/C14H20O3/c1-9-6-4-5-7-12(9)8-13(14(16)17)10(2)11(3)15/h4-7,10-11,13,15H,8H2,1-3H3,(H,16,17). The van der Waals surface area contributed by atoms with Gasteiger partial charge in [0.05, 0.1) is 12.0 Å². The maximum Gasteiger partial charge on any atom is 0.307 e. The molecule has 0 bridgehead atoms. The first-order valence-corrected chi connectivity index (χ1v) is 5.89. The van der Waals surface area contributed by atoms with Crippen LogP contribution in [0.25, 0.3) is 0 Å². The molecular formula is C14H20O3. The highest BCUT2D eigenvalue weighted by atomic mass is 16.4. The fourth-order valence-corrected chi connectivity index (χ4v) is 1.91. The number of carboxylic acids is 1. The fourth-order valence-electron chi connectivity index (χ4n) is 1.91. The van der Waals surface area contributed by atoms with Gasteiger partial charge in [0.2, 0.25) is 0 Å². The molecule has 0 aliphatic carbocycles. The zero-order valence-corrected chi connectivity index (χ0v) is 10.6. The summed E-state index contributed by atoms with van der Waals surface area (Å²) in [5.41, 5.74) is 2.13. The Labute approximate surface area is 102 Å². The molecule has 0 fully saturated rings. The van der Waals surface area contributed by atoms with Crippen molar-refractivity contribution >= 4 is 5.97 Å². The number of aliphatic hydroxyl groups excluding tert-OH is 1. The van der Waals surface area contributed by atoms with Crippen LogP contribution in [0.5, 0.6) is 0 Å². The Balaban J connectivity index is 2.88. The maximum absolute atomic E-state index is 11.2. The Morgan fingerprint density at radius 3 is 2.35 bits per heavy atom. The number of aliphatic hydroxyl groups is 1. The zero-order valence-electron chi connectivity index (χ0n) is 10.6. The largest absolute Gasteiger partial charge is 0.481 e. The molecule has 0 spiro atoms. The van der Waals surface area contributed by atoms with E-state index in [4.69, 9.17) is 0 Å². The van der Waals surface area contributed by atoms with E-state index in [0.717, 1.165) is 11.1 Å². The molecule has 17 heavy (non-hydrogen) atoms. The lowest BCUT2D eigenvalue weighted by molar-refractivity contribution is -0.145. The third kappa shape index (κ3) is 3.56. The minimum Gasteiger partial charge on any atom is -0.481 e. The highest BCUT2D eigenvalue weighted by Gasteiger charge is 2.28. The van der Waals surface area contributed by atoms with E-state index in [2.05, 4.69) is 0 Å². The summed E-state index contributed by atoms with van der Waals surface area (Å²) in [7, 11) is 0. The van der Waals surface area contributed by atoms with Gasteiger partial charge in [0.1, 0.15) is 0 Å². The molecule has 1 aromatic rings. The fraction of sp³-hybridized carbons (Fsp3) is 0.500. The van der Waals surface area contributed by atoms with E-state index in [-0.39, 0.29) is 5.92 Å². The predicted molar refractivity (Wildman–Crippen MR) is 66.9 cm³/mol. The molecule has 0 aliphatic rings. The number of aryl methyl sites for hydroxylation is 1. The van der Waals surface area contributed by atoms with Crippen molar-refractivity contribution in [1.29, 1.82) is 0 Å². The Kier molecular flexibility index (Phi) is 4.70. The van der Waals surface area contributed by atoms with Crippen molar-refractivity contribution in [3.63, 3.8) is 0 Å². The van der Waals surface area contributed by atoms with Crippen molar-refractivity contribution in [2.75, 3.05) is 0 Å². The second-order valence-electron chi connectivity index (χ2n) is 4.68. The molecule has 3 unspecified atom stereocenters. The quantitative estimate of drug-likeness (QED) is 0.824. The second-order valence-corrected chi connectivity index (χ2v) is 4.68. The van der Waals surface area contributed by atoms with Crippen LogP contribution in [0.15, 0.2) is 24.3 Å². The predicted octanol–water partition coefficient (Wildman–Crippen LogP) is 2.26. The van der Waals surface area contributed by atoms with E-state index in [1.807, 2.05) is 31.2 Å². The number of carboxylic acid groups (broad SMARTS) is 1. The molecule has 0 saturated carbocycles. The van der Waals surface area contributed by atoms with Crippen LogP contribution in [-0.2, 0) is 11.2 Å². The van der Waals surface area contributed by atoms with E-state index in [1.54, 1.807) is 13.8 Å². The van der Waals surface area contributed by atoms with Crippen molar-refractivity contribution < 1.29 is 15.0 Å². The number of aliphatic carboxylic acids is 1. The van der Waals surface area contributed by atoms with Crippen LogP contribution >= 0.6 is 0 Å². The minimum absolute atomic E-state index is 0.257. The van der Waals surface area contributed by atoms with Crippen molar-refractivity contribution in [3.8, 4) is 0 Å². The summed E-state index contributed by atoms with van der Waals surface area (Å²) >= 11 is 0. The average Bonchev–Trinajstić information content (AvgIpc) is 2.26. The number of hydrogen-bond acceptors (Lipinski definition) is 2. The number of carbonyl (C=O) groups is 1. The van der Waals surface area contributed by atoms with Crippen LogP contribution in [0.1, 0.15) is 25.0 Å². The van der Waals surface area contributed by atoms with E-state index in [1.165, 1.54) is 0 Å². The first-order valence-electron chi connectivity index (χ1n) is 5.89. The topological polar surface area (TPSA) is 57.5 Å². The van der Waals surface area contributed by atoms with Crippen molar-refractivity contribution in [2.45, 2.75) is 33.3 Å². The number of hydrogen-bond donors (Lipinski definition) is 2. The molecule has 3 heteroatoms. The molecule has 3 atom stereocenters. The summed E-state index contributed by atoms with van der Waals surface area (Å²) in [4.78, 5) is 11.2. The van der Waals surface area contributed by atoms with E-state index in [0.29, 0.717) is 6.42 Å². The van der Waals surface area contributed by atoms with Gasteiger partial charge in [-0.05, 0) is 37.3 Å². The first-order chi connectivity index (χ1) is 7.93. The lowest BCUT2D eigenvalue weighted by atomic mass is 9.84. The van der Waals surface area contributed by atoms with Crippen molar-refractivity contribution in [3.05, 3.63) is 35.4 Å². The Hall–Kier alpha value is -1.35. The molecule has 1 aromatic carbocycles. The minimum atomic E-state index is -0.846. The van der Waals surface area contributed by atoms with Gasteiger partial charge >= 0.3 is 5.97 Å². The maximum atomic E-state index is 11.2. The monoisotopic (exact) mass is 236 g/mol. The summed E-state index contributed by atoms with van der Waals surface area (Å²) in [6.07, 6.45) is -0.145. The summed E-state index contributed by atoms with van der Waals surface area (Å²) in [6.45, 7) is 5.39. The van der Waals surface area contributed by atoms with E-state index in [9.17, 15) is 15.0 Å². The molecule has 94 valence electrons. The molecule has 0 radical (unpaired) electrons. The molecular weight excluding hydrogens is 216 g/mol. The highest BCUT2D eigenvalue weighted by molar-refractivity contribution is 5.71. The van der Waals surface area contributed by atoms with Gasteiger partial charge in [0.25, 0.3) is 0 Å². The third-order valence-electron chi connectivity index (χ3n) is 3.41. The second kappa shape index (κ2) is 5.82. The molecule has 2 N–H and O–H groups in total. The van der Waals surface area contributed by atoms with Gasteiger partial charge in [-0.1, -0.05) is 31.2 Å². The first kappa shape index (κ1) is 13.7. The van der Waals surface area contributed by atoms with Gasteiger partial charge in [0.15, 0.2) is 0 Å². The molecule has 1 rings (SSSR count). The van der Waals surface area contributed by atoms with Gasteiger partial charge in [-0.15, -0.1) is 0 Å². The average molecular weight is 236 g/mol. The number of benzene rings is 1. The highest BCUT2D eigenvalue weighted by Crippen LogP contribution is 2.22. The van der Waals surface area contributed by atoms with Crippen LogP contribution in [-0.4, -0.2) is 22.3 Å². The lowest BCUT2D eigenvalue weighted by Crippen LogP contribution is -2.31. The van der Waals surface area contributed by atoms with E-state index >= 15 is 0 Å². The Bertz CT molecular complexity index is 385. The van der Waals surface area contributed by atoms with Gasteiger partial charge in [-0.3, -0.25) is 4.79 Å². The Morgan fingerprint density at radius 1 is 1.29 bits per heavy atom. The van der Waals surface area contributed by atoms with E-state index < -0.39 is 18.0 Å². The van der Waals surface area contributed by atoms with Gasteiger partial charge in [-0.2, -0.15) is 0 Å². The molecule has 0 saturated heterocycles. The summed E-state index contributed by atoms with van der Waals surface area (Å²) < 4.78 is 0. The van der Waals surface area contributed by atoms with Crippen LogP contribution in [0.4, 0.5) is 0 Å². The molecule has 0 heterocycles. The van der Waals surface area contributed by atoms with Gasteiger partial charge in [-0.25, -0.2) is 0 Å². The smallest absolute Gasteiger partial charge is 0.307 e. The summed E-state index contributed by atoms with van der Waals surface area (Å²) in [5.74, 6) is -1.65. The van der Waals surface area contributed by atoms with Crippen LogP contribution in [0.3, 0.4) is 0 Å². The van der Waals surface area contributed by atoms with Gasteiger partial charge < -0.3 is 10.2 Å². The van der Waals surface area contributed by atoms with Crippen LogP contribution < -0.4 is 0 Å². The van der Waals surface area contributed by atoms with Gasteiger partial charge in [0, 0.05) is 0 Å². The number of rotatable bonds is 5. The molecule has 0 aliphatic heterocycles. The molecule has 3 nitrogen and oxygen atoms in total.